The summed E-state index contributed by atoms with van der Waals surface area (Å²) in [4.78, 5) is 28.7. The Labute approximate surface area is 186 Å². The molecule has 0 spiro atoms. The van der Waals surface area contributed by atoms with Crippen LogP contribution in [0.4, 0.5) is 5.69 Å². The first-order valence-corrected chi connectivity index (χ1v) is 11.3. The van der Waals surface area contributed by atoms with Crippen molar-refractivity contribution in [3.63, 3.8) is 0 Å². The van der Waals surface area contributed by atoms with Crippen molar-refractivity contribution in [3.05, 3.63) is 76.0 Å². The number of amides is 1. The molecule has 2 aliphatic rings. The van der Waals surface area contributed by atoms with Crippen molar-refractivity contribution in [2.24, 2.45) is 5.41 Å². The van der Waals surface area contributed by atoms with Crippen LogP contribution in [0.15, 0.2) is 53.7 Å². The second kappa shape index (κ2) is 7.78. The fourth-order valence-electron chi connectivity index (χ4n) is 4.98. The summed E-state index contributed by atoms with van der Waals surface area (Å²) in [6.45, 7) is 12.7. The maximum atomic E-state index is 13.5. The Morgan fingerprint density at radius 3 is 2.23 bits per heavy atom. The molecule has 0 fully saturated rings. The number of allylic oxidation sites excluding steroid dienone is 2. The number of carbonyl (C=O) groups is 2. The minimum absolute atomic E-state index is 0.0745. The molecule has 3 heteroatoms. The van der Waals surface area contributed by atoms with Gasteiger partial charge in [0, 0.05) is 35.7 Å². The van der Waals surface area contributed by atoms with Crippen LogP contribution in [-0.2, 0) is 9.59 Å². The first-order valence-electron chi connectivity index (χ1n) is 11.3. The van der Waals surface area contributed by atoms with E-state index in [0.717, 1.165) is 34.5 Å². The molecule has 1 heterocycles. The molecular formula is C28H33NO2. The van der Waals surface area contributed by atoms with Crippen molar-refractivity contribution in [2.75, 3.05) is 4.90 Å². The van der Waals surface area contributed by atoms with Crippen LogP contribution in [0.5, 0.6) is 0 Å². The number of ketones is 1. The minimum atomic E-state index is -0.157. The van der Waals surface area contributed by atoms with Gasteiger partial charge in [-0.1, -0.05) is 58.0 Å². The molecular weight excluding hydrogens is 382 g/mol. The van der Waals surface area contributed by atoms with Gasteiger partial charge in [0.1, 0.15) is 0 Å². The molecule has 0 saturated heterocycles. The summed E-state index contributed by atoms with van der Waals surface area (Å²) in [6.07, 6.45) is 1.59. The quantitative estimate of drug-likeness (QED) is 0.567. The van der Waals surface area contributed by atoms with Gasteiger partial charge in [-0.2, -0.15) is 0 Å². The number of benzene rings is 2. The van der Waals surface area contributed by atoms with Gasteiger partial charge in [0.05, 0.1) is 0 Å². The Kier molecular flexibility index (Phi) is 5.41. The van der Waals surface area contributed by atoms with Crippen LogP contribution in [0.3, 0.4) is 0 Å². The first kappa shape index (κ1) is 21.5. The second-order valence-corrected chi connectivity index (χ2v) is 10.4. The maximum Gasteiger partial charge on any atom is 0.232 e. The van der Waals surface area contributed by atoms with E-state index < -0.39 is 0 Å². The van der Waals surface area contributed by atoms with Gasteiger partial charge < -0.3 is 0 Å². The normalized spacial score (nSPS) is 21.0. The lowest BCUT2D eigenvalue weighted by molar-refractivity contribution is -0.121. The lowest BCUT2D eigenvalue weighted by atomic mass is 9.69. The molecule has 1 aliphatic heterocycles. The molecule has 0 saturated carbocycles. The van der Waals surface area contributed by atoms with Gasteiger partial charge in [0.25, 0.3) is 0 Å². The largest absolute Gasteiger partial charge is 0.294 e. The van der Waals surface area contributed by atoms with Crippen molar-refractivity contribution in [3.8, 4) is 0 Å². The van der Waals surface area contributed by atoms with E-state index in [4.69, 9.17) is 0 Å². The highest BCUT2D eigenvalue weighted by Gasteiger charge is 2.44. The van der Waals surface area contributed by atoms with Crippen LogP contribution in [0.25, 0.3) is 0 Å². The molecule has 1 amide bonds. The molecule has 0 bridgehead atoms. The molecule has 1 atom stereocenters. The summed E-state index contributed by atoms with van der Waals surface area (Å²) in [7, 11) is 0. The third-order valence-corrected chi connectivity index (χ3v) is 6.90. The van der Waals surface area contributed by atoms with Crippen molar-refractivity contribution in [1.29, 1.82) is 0 Å². The Balaban J connectivity index is 1.86. The van der Waals surface area contributed by atoms with E-state index in [9.17, 15) is 9.59 Å². The maximum absolute atomic E-state index is 13.5. The smallest absolute Gasteiger partial charge is 0.232 e. The number of hydrogen-bond acceptors (Lipinski definition) is 2. The van der Waals surface area contributed by atoms with Gasteiger partial charge in [-0.15, -0.1) is 0 Å². The summed E-state index contributed by atoms with van der Waals surface area (Å²) in [5.41, 5.74) is 7.15. The number of hydrogen-bond donors (Lipinski definition) is 0. The minimum Gasteiger partial charge on any atom is -0.294 e. The number of anilines is 1. The second-order valence-electron chi connectivity index (χ2n) is 10.4. The molecule has 4 rings (SSSR count). The van der Waals surface area contributed by atoms with Crippen LogP contribution in [0, 0.1) is 19.3 Å². The topological polar surface area (TPSA) is 37.4 Å². The SMILES string of the molecule is Cc1ccc(N2C(=O)CC(c3ccc(C(C)C)cc3)C3=C2CC(C)(C)CC3=O)cc1C. The average molecular weight is 416 g/mol. The van der Waals surface area contributed by atoms with Gasteiger partial charge in [0.15, 0.2) is 5.78 Å². The van der Waals surface area contributed by atoms with Crippen molar-refractivity contribution in [1.82, 2.24) is 0 Å². The molecule has 0 N–H and O–H groups in total. The third kappa shape index (κ3) is 3.98. The lowest BCUT2D eigenvalue weighted by Gasteiger charge is -2.43. The highest BCUT2D eigenvalue weighted by Crippen LogP contribution is 2.48. The number of nitrogens with zero attached hydrogens (tertiary/aromatic N) is 1. The van der Waals surface area contributed by atoms with Gasteiger partial charge in [0.2, 0.25) is 5.91 Å². The van der Waals surface area contributed by atoms with Crippen molar-refractivity contribution < 1.29 is 9.59 Å². The molecule has 2 aromatic rings. The van der Waals surface area contributed by atoms with Gasteiger partial charge >= 0.3 is 0 Å². The number of carbonyl (C=O) groups excluding carboxylic acids is 2. The Morgan fingerprint density at radius 2 is 1.61 bits per heavy atom. The summed E-state index contributed by atoms with van der Waals surface area (Å²) in [5, 5.41) is 0. The predicted molar refractivity (Wildman–Crippen MR) is 126 cm³/mol. The molecule has 3 nitrogen and oxygen atoms in total. The van der Waals surface area contributed by atoms with E-state index in [2.05, 4.69) is 77.9 Å². The lowest BCUT2D eigenvalue weighted by Crippen LogP contribution is -2.43. The highest BCUT2D eigenvalue weighted by atomic mass is 16.2. The van der Waals surface area contributed by atoms with Crippen LogP contribution in [0.1, 0.15) is 81.0 Å². The highest BCUT2D eigenvalue weighted by molar-refractivity contribution is 6.07. The summed E-state index contributed by atoms with van der Waals surface area (Å²) < 4.78 is 0. The number of Topliss-reactive ketones (excluding diaryl/α,β-unsaturated/α-hetero) is 1. The van der Waals surface area contributed by atoms with E-state index >= 15 is 0 Å². The molecule has 0 aromatic heterocycles. The molecule has 1 aliphatic carbocycles. The fraction of sp³-hybridized carbons (Fsp3) is 0.429. The average Bonchev–Trinajstić information content (AvgIpc) is 2.68. The van der Waals surface area contributed by atoms with Crippen LogP contribution in [0.2, 0.25) is 0 Å². The monoisotopic (exact) mass is 415 g/mol. The van der Waals surface area contributed by atoms with Crippen LogP contribution in [-0.4, -0.2) is 11.7 Å². The van der Waals surface area contributed by atoms with Gasteiger partial charge in [-0.05, 0) is 66.0 Å². The van der Waals surface area contributed by atoms with E-state index in [1.54, 1.807) is 0 Å². The Hall–Kier alpha value is -2.68. The Morgan fingerprint density at radius 1 is 0.935 bits per heavy atom. The summed E-state index contributed by atoms with van der Waals surface area (Å²) in [5.74, 6) is 0.556. The Bertz CT molecular complexity index is 1070. The molecule has 1 unspecified atom stereocenters. The van der Waals surface area contributed by atoms with Crippen LogP contribution < -0.4 is 4.90 Å². The third-order valence-electron chi connectivity index (χ3n) is 6.90. The fourth-order valence-corrected chi connectivity index (χ4v) is 4.98. The van der Waals surface area contributed by atoms with E-state index in [0.29, 0.717) is 18.8 Å². The van der Waals surface area contributed by atoms with Gasteiger partial charge in [-0.3, -0.25) is 14.5 Å². The van der Waals surface area contributed by atoms with E-state index in [-0.39, 0.29) is 23.0 Å². The molecule has 0 radical (unpaired) electrons. The molecule has 31 heavy (non-hydrogen) atoms. The molecule has 2 aromatic carbocycles. The molecule has 162 valence electrons. The van der Waals surface area contributed by atoms with Crippen molar-refractivity contribution in [2.45, 2.75) is 72.6 Å². The number of rotatable bonds is 3. The zero-order chi connectivity index (χ0) is 22.5. The standard InChI is InChI=1S/C28H33NO2/c1-17(2)20-8-10-21(11-9-20)23-14-26(31)29(22-12-7-18(3)19(4)13-22)24-15-28(5,6)16-25(30)27(23)24/h7-13,17,23H,14-16H2,1-6H3. The summed E-state index contributed by atoms with van der Waals surface area (Å²) in [6, 6.07) is 14.6. The first-order chi connectivity index (χ1) is 14.6. The van der Waals surface area contributed by atoms with E-state index in [1.165, 1.54) is 11.1 Å². The number of aryl methyl sites for hydroxylation is 2. The van der Waals surface area contributed by atoms with Gasteiger partial charge in [-0.25, -0.2) is 0 Å². The zero-order valence-electron chi connectivity index (χ0n) is 19.6. The summed E-state index contributed by atoms with van der Waals surface area (Å²) >= 11 is 0. The zero-order valence-corrected chi connectivity index (χ0v) is 19.6. The van der Waals surface area contributed by atoms with Crippen molar-refractivity contribution >= 4 is 17.4 Å². The predicted octanol–water partition coefficient (Wildman–Crippen LogP) is 6.59. The van der Waals surface area contributed by atoms with Crippen LogP contribution >= 0.6 is 0 Å². The van der Waals surface area contributed by atoms with E-state index in [1.807, 2.05) is 11.0 Å².